The fraction of sp³-hybridized carbons (Fsp3) is 1.00. The van der Waals surface area contributed by atoms with Crippen molar-refractivity contribution in [2.45, 2.75) is 71.8 Å². The van der Waals surface area contributed by atoms with Crippen LogP contribution in [0.4, 0.5) is 0 Å². The Morgan fingerprint density at radius 1 is 1.07 bits per heavy atom. The summed E-state index contributed by atoms with van der Waals surface area (Å²) in [5, 5.41) is 3.81. The van der Waals surface area contributed by atoms with Gasteiger partial charge in [-0.1, -0.05) is 46.5 Å². The van der Waals surface area contributed by atoms with E-state index >= 15 is 0 Å². The third kappa shape index (κ3) is 3.79. The van der Waals surface area contributed by atoms with Crippen LogP contribution in [0.5, 0.6) is 0 Å². The van der Waals surface area contributed by atoms with Crippen molar-refractivity contribution in [1.82, 2.24) is 5.32 Å². The summed E-state index contributed by atoms with van der Waals surface area (Å²) in [6.45, 7) is 8.18. The van der Waals surface area contributed by atoms with Crippen molar-refractivity contribution in [2.24, 2.45) is 11.8 Å². The van der Waals surface area contributed by atoms with Crippen molar-refractivity contribution in [3.8, 4) is 0 Å². The van der Waals surface area contributed by atoms with E-state index in [-0.39, 0.29) is 0 Å². The van der Waals surface area contributed by atoms with Crippen molar-refractivity contribution in [3.05, 3.63) is 0 Å². The van der Waals surface area contributed by atoms with Gasteiger partial charge in [0.25, 0.3) is 0 Å². The molecule has 0 amide bonds. The lowest BCUT2D eigenvalue weighted by molar-refractivity contribution is 0.246. The summed E-state index contributed by atoms with van der Waals surface area (Å²) in [6, 6.07) is 0.808. The second-order valence-corrected chi connectivity index (χ2v) is 5.10. The van der Waals surface area contributed by atoms with Gasteiger partial charge in [0, 0.05) is 6.04 Å². The number of hydrogen-bond acceptors (Lipinski definition) is 1. The van der Waals surface area contributed by atoms with Gasteiger partial charge in [-0.2, -0.15) is 0 Å². The molecular formula is C14H29N. The average molecular weight is 211 g/mol. The Morgan fingerprint density at radius 2 is 1.67 bits per heavy atom. The molecule has 1 aliphatic carbocycles. The van der Waals surface area contributed by atoms with Gasteiger partial charge in [-0.15, -0.1) is 0 Å². The van der Waals surface area contributed by atoms with Crippen LogP contribution in [0.2, 0.25) is 0 Å². The Bertz CT molecular complexity index is 143. The van der Waals surface area contributed by atoms with Crippen LogP contribution in [0.25, 0.3) is 0 Å². The molecule has 1 N–H and O–H groups in total. The predicted molar refractivity (Wildman–Crippen MR) is 68.1 cm³/mol. The molecule has 1 atom stereocenters. The molecule has 1 nitrogen and oxygen atoms in total. The van der Waals surface area contributed by atoms with Gasteiger partial charge in [0.05, 0.1) is 0 Å². The number of rotatable bonds is 7. The summed E-state index contributed by atoms with van der Waals surface area (Å²) in [6.07, 6.45) is 9.83. The zero-order valence-corrected chi connectivity index (χ0v) is 10.9. The molecule has 0 radical (unpaired) electrons. The van der Waals surface area contributed by atoms with Crippen molar-refractivity contribution in [3.63, 3.8) is 0 Å². The van der Waals surface area contributed by atoms with E-state index in [1.807, 2.05) is 0 Å². The fourth-order valence-corrected chi connectivity index (χ4v) is 3.14. The maximum Gasteiger partial charge on any atom is 0.0123 e. The highest BCUT2D eigenvalue weighted by molar-refractivity contribution is 4.85. The van der Waals surface area contributed by atoms with Gasteiger partial charge in [0.1, 0.15) is 0 Å². The third-order valence-electron chi connectivity index (χ3n) is 4.09. The quantitative estimate of drug-likeness (QED) is 0.671. The van der Waals surface area contributed by atoms with Crippen LogP contribution < -0.4 is 5.32 Å². The highest BCUT2D eigenvalue weighted by Gasteiger charge is 2.28. The van der Waals surface area contributed by atoms with Gasteiger partial charge in [-0.3, -0.25) is 0 Å². The van der Waals surface area contributed by atoms with Crippen LogP contribution in [0, 0.1) is 11.8 Å². The second-order valence-electron chi connectivity index (χ2n) is 5.10. The first-order valence-electron chi connectivity index (χ1n) is 7.06. The van der Waals surface area contributed by atoms with E-state index < -0.39 is 0 Å². The van der Waals surface area contributed by atoms with E-state index in [2.05, 4.69) is 26.1 Å². The average Bonchev–Trinajstić information content (AvgIpc) is 2.77. The second kappa shape index (κ2) is 7.27. The van der Waals surface area contributed by atoms with Crippen LogP contribution in [-0.2, 0) is 0 Å². The minimum atomic E-state index is 0.808. The van der Waals surface area contributed by atoms with Crippen LogP contribution in [0.3, 0.4) is 0 Å². The van der Waals surface area contributed by atoms with Gasteiger partial charge in [0.15, 0.2) is 0 Å². The normalized spacial score (nSPS) is 20.0. The lowest BCUT2D eigenvalue weighted by atomic mass is 9.84. The number of nitrogens with one attached hydrogen (secondary N) is 1. The molecule has 1 rings (SSSR count). The Morgan fingerprint density at radius 3 is 2.13 bits per heavy atom. The Balaban J connectivity index is 2.49. The van der Waals surface area contributed by atoms with Gasteiger partial charge in [-0.05, 0) is 37.6 Å². The molecule has 0 saturated heterocycles. The van der Waals surface area contributed by atoms with Crippen LogP contribution in [-0.4, -0.2) is 12.6 Å². The maximum absolute atomic E-state index is 3.81. The van der Waals surface area contributed by atoms with E-state index in [4.69, 9.17) is 0 Å². The molecule has 1 unspecified atom stereocenters. The topological polar surface area (TPSA) is 12.0 Å². The van der Waals surface area contributed by atoms with E-state index in [1.54, 1.807) is 0 Å². The van der Waals surface area contributed by atoms with Crippen LogP contribution in [0.15, 0.2) is 0 Å². The summed E-state index contributed by atoms with van der Waals surface area (Å²) >= 11 is 0. The van der Waals surface area contributed by atoms with Crippen LogP contribution in [0.1, 0.15) is 65.7 Å². The van der Waals surface area contributed by atoms with Crippen LogP contribution >= 0.6 is 0 Å². The molecule has 1 fully saturated rings. The Kier molecular flexibility index (Phi) is 6.31. The first kappa shape index (κ1) is 13.0. The Labute approximate surface area is 96.0 Å². The maximum atomic E-state index is 3.81. The molecule has 90 valence electrons. The predicted octanol–water partition coefficient (Wildman–Crippen LogP) is 3.98. The van der Waals surface area contributed by atoms with E-state index in [0.29, 0.717) is 0 Å². The summed E-state index contributed by atoms with van der Waals surface area (Å²) in [4.78, 5) is 0. The van der Waals surface area contributed by atoms with Crippen molar-refractivity contribution in [1.29, 1.82) is 0 Å². The van der Waals surface area contributed by atoms with Gasteiger partial charge in [-0.25, -0.2) is 0 Å². The molecular weight excluding hydrogens is 182 g/mol. The highest BCUT2D eigenvalue weighted by Crippen LogP contribution is 2.32. The van der Waals surface area contributed by atoms with Crippen molar-refractivity contribution < 1.29 is 0 Å². The molecule has 0 aliphatic heterocycles. The smallest absolute Gasteiger partial charge is 0.0123 e. The fourth-order valence-electron chi connectivity index (χ4n) is 3.14. The standard InChI is InChI=1S/C14H29N/c1-4-11-15-14(12(5-2)6-3)13-9-7-8-10-13/h12-15H,4-11H2,1-3H3. The monoisotopic (exact) mass is 211 g/mol. The van der Waals surface area contributed by atoms with E-state index in [1.165, 1.54) is 51.5 Å². The van der Waals surface area contributed by atoms with Crippen molar-refractivity contribution in [2.75, 3.05) is 6.54 Å². The molecule has 0 heterocycles. The largest absolute Gasteiger partial charge is 0.313 e. The molecule has 15 heavy (non-hydrogen) atoms. The molecule has 0 spiro atoms. The van der Waals surface area contributed by atoms with Gasteiger partial charge < -0.3 is 5.32 Å². The molecule has 1 heteroatoms. The van der Waals surface area contributed by atoms with Gasteiger partial charge >= 0.3 is 0 Å². The van der Waals surface area contributed by atoms with E-state index in [0.717, 1.165) is 17.9 Å². The minimum Gasteiger partial charge on any atom is -0.313 e. The zero-order chi connectivity index (χ0) is 11.1. The third-order valence-corrected chi connectivity index (χ3v) is 4.09. The Hall–Kier alpha value is -0.0400. The van der Waals surface area contributed by atoms with E-state index in [9.17, 15) is 0 Å². The minimum absolute atomic E-state index is 0.808. The molecule has 0 aromatic carbocycles. The van der Waals surface area contributed by atoms with Crippen molar-refractivity contribution >= 4 is 0 Å². The molecule has 0 bridgehead atoms. The zero-order valence-electron chi connectivity index (χ0n) is 10.9. The number of hydrogen-bond donors (Lipinski definition) is 1. The lowest BCUT2D eigenvalue weighted by Crippen LogP contribution is -2.41. The SMILES string of the molecule is CCCNC(C(CC)CC)C1CCCC1. The molecule has 0 aromatic rings. The molecule has 0 aromatic heterocycles. The summed E-state index contributed by atoms with van der Waals surface area (Å²) in [7, 11) is 0. The highest BCUT2D eigenvalue weighted by atomic mass is 14.9. The first-order valence-corrected chi connectivity index (χ1v) is 7.06. The lowest BCUT2D eigenvalue weighted by Gasteiger charge is -2.31. The van der Waals surface area contributed by atoms with Gasteiger partial charge in [0.2, 0.25) is 0 Å². The summed E-state index contributed by atoms with van der Waals surface area (Å²) in [5.41, 5.74) is 0. The molecule has 1 saturated carbocycles. The summed E-state index contributed by atoms with van der Waals surface area (Å²) < 4.78 is 0. The summed E-state index contributed by atoms with van der Waals surface area (Å²) in [5.74, 6) is 1.88. The first-order chi connectivity index (χ1) is 7.33. The molecule has 1 aliphatic rings.